The summed E-state index contributed by atoms with van der Waals surface area (Å²) in [6.45, 7) is 5.55. The Labute approximate surface area is 99.1 Å². The van der Waals surface area contributed by atoms with E-state index in [1.165, 1.54) is 25.7 Å². The Morgan fingerprint density at radius 3 is 2.56 bits per heavy atom. The highest BCUT2D eigenvalue weighted by atomic mass is 15.2. The van der Waals surface area contributed by atoms with Crippen LogP contribution in [0.1, 0.15) is 32.1 Å². The van der Waals surface area contributed by atoms with E-state index in [1.807, 2.05) is 6.08 Å². The molecule has 2 heterocycles. The summed E-state index contributed by atoms with van der Waals surface area (Å²) in [6.07, 6.45) is 8.15. The van der Waals surface area contributed by atoms with Crippen LogP contribution in [0.2, 0.25) is 0 Å². The molecular weight excluding hydrogens is 198 g/mol. The van der Waals surface area contributed by atoms with Crippen molar-refractivity contribution < 1.29 is 0 Å². The maximum absolute atomic E-state index is 6.01. The first-order chi connectivity index (χ1) is 7.71. The molecule has 2 bridgehead atoms. The number of nitrogens with one attached hydrogen (secondary N) is 1. The molecule has 3 nitrogen and oxygen atoms in total. The van der Waals surface area contributed by atoms with Gasteiger partial charge in [0.1, 0.15) is 0 Å². The molecule has 2 aliphatic rings. The van der Waals surface area contributed by atoms with E-state index in [0.29, 0.717) is 0 Å². The predicted octanol–water partition coefficient (Wildman–Crippen LogP) is 1.11. The van der Waals surface area contributed by atoms with Crippen LogP contribution in [-0.2, 0) is 0 Å². The third-order valence-electron chi connectivity index (χ3n) is 4.48. The number of rotatable bonds is 5. The summed E-state index contributed by atoms with van der Waals surface area (Å²) in [6, 6.07) is 1.50. The standard InChI is InChI=1S/C13H25N3/c1-3-4-7-15-13(10-14)8-11-5-6-12(9-13)16(11)2/h3,11-12,15H,1,4-10,14H2,2H3. The van der Waals surface area contributed by atoms with Crippen LogP contribution in [0.5, 0.6) is 0 Å². The van der Waals surface area contributed by atoms with Crippen LogP contribution in [0, 0.1) is 0 Å². The second-order valence-electron chi connectivity index (χ2n) is 5.45. The normalized spacial score (nSPS) is 38.9. The van der Waals surface area contributed by atoms with Crippen LogP contribution in [0.3, 0.4) is 0 Å². The first kappa shape index (κ1) is 12.1. The number of hydrogen-bond donors (Lipinski definition) is 2. The van der Waals surface area contributed by atoms with Gasteiger partial charge in [-0.05, 0) is 45.7 Å². The molecule has 2 fully saturated rings. The van der Waals surface area contributed by atoms with Gasteiger partial charge in [-0.3, -0.25) is 0 Å². The van der Waals surface area contributed by atoms with Gasteiger partial charge in [-0.25, -0.2) is 0 Å². The summed E-state index contributed by atoms with van der Waals surface area (Å²) in [5.74, 6) is 0. The molecule has 16 heavy (non-hydrogen) atoms. The maximum Gasteiger partial charge on any atom is 0.0333 e. The van der Waals surface area contributed by atoms with Crippen LogP contribution in [0.4, 0.5) is 0 Å². The molecule has 3 N–H and O–H groups in total. The predicted molar refractivity (Wildman–Crippen MR) is 68.4 cm³/mol. The molecule has 0 aromatic rings. The van der Waals surface area contributed by atoms with E-state index >= 15 is 0 Å². The number of hydrogen-bond acceptors (Lipinski definition) is 3. The van der Waals surface area contributed by atoms with Crippen LogP contribution in [0.25, 0.3) is 0 Å². The Morgan fingerprint density at radius 1 is 1.44 bits per heavy atom. The molecule has 0 aliphatic carbocycles. The van der Waals surface area contributed by atoms with E-state index in [0.717, 1.165) is 31.6 Å². The summed E-state index contributed by atoms with van der Waals surface area (Å²) in [7, 11) is 2.27. The smallest absolute Gasteiger partial charge is 0.0333 e. The van der Waals surface area contributed by atoms with Crippen molar-refractivity contribution in [1.29, 1.82) is 0 Å². The fourth-order valence-corrected chi connectivity index (χ4v) is 3.39. The highest BCUT2D eigenvalue weighted by Gasteiger charge is 2.45. The van der Waals surface area contributed by atoms with E-state index in [1.54, 1.807) is 0 Å². The molecule has 2 saturated heterocycles. The monoisotopic (exact) mass is 223 g/mol. The molecule has 2 unspecified atom stereocenters. The molecule has 0 radical (unpaired) electrons. The molecular formula is C13H25N3. The summed E-state index contributed by atoms with van der Waals surface area (Å²) in [5.41, 5.74) is 6.21. The number of piperidine rings is 1. The second kappa shape index (κ2) is 4.86. The molecule has 2 rings (SSSR count). The fourth-order valence-electron chi connectivity index (χ4n) is 3.39. The molecule has 0 spiro atoms. The van der Waals surface area contributed by atoms with Gasteiger partial charge in [0.15, 0.2) is 0 Å². The van der Waals surface area contributed by atoms with Gasteiger partial charge in [-0.2, -0.15) is 0 Å². The van der Waals surface area contributed by atoms with Crippen molar-refractivity contribution in [3.8, 4) is 0 Å². The molecule has 0 amide bonds. The van der Waals surface area contributed by atoms with Crippen molar-refractivity contribution in [3.05, 3.63) is 12.7 Å². The second-order valence-corrected chi connectivity index (χ2v) is 5.45. The molecule has 0 aromatic carbocycles. The van der Waals surface area contributed by atoms with Crippen molar-refractivity contribution in [2.24, 2.45) is 5.73 Å². The van der Waals surface area contributed by atoms with Crippen LogP contribution < -0.4 is 11.1 Å². The lowest BCUT2D eigenvalue weighted by atomic mass is 9.83. The molecule has 2 aliphatic heterocycles. The van der Waals surface area contributed by atoms with E-state index in [-0.39, 0.29) is 5.54 Å². The molecule has 92 valence electrons. The maximum atomic E-state index is 6.01. The highest BCUT2D eigenvalue weighted by Crippen LogP contribution is 2.39. The minimum absolute atomic E-state index is 0.196. The zero-order valence-electron chi connectivity index (χ0n) is 10.4. The molecule has 3 heteroatoms. The zero-order chi connectivity index (χ0) is 11.6. The summed E-state index contributed by atoms with van der Waals surface area (Å²) < 4.78 is 0. The van der Waals surface area contributed by atoms with Gasteiger partial charge >= 0.3 is 0 Å². The minimum Gasteiger partial charge on any atom is -0.329 e. The van der Waals surface area contributed by atoms with Crippen molar-refractivity contribution in [1.82, 2.24) is 10.2 Å². The van der Waals surface area contributed by atoms with Crippen molar-refractivity contribution in [2.75, 3.05) is 20.1 Å². The number of fused-ring (bicyclic) bond motifs is 2. The Kier molecular flexibility index (Phi) is 3.67. The van der Waals surface area contributed by atoms with Gasteiger partial charge in [0, 0.05) is 24.2 Å². The van der Waals surface area contributed by atoms with E-state index in [2.05, 4.69) is 23.8 Å². The quantitative estimate of drug-likeness (QED) is 0.542. The van der Waals surface area contributed by atoms with Crippen LogP contribution >= 0.6 is 0 Å². The van der Waals surface area contributed by atoms with E-state index in [9.17, 15) is 0 Å². The summed E-state index contributed by atoms with van der Waals surface area (Å²) >= 11 is 0. The largest absolute Gasteiger partial charge is 0.329 e. The summed E-state index contributed by atoms with van der Waals surface area (Å²) in [5, 5.41) is 3.68. The average molecular weight is 223 g/mol. The molecule has 0 aromatic heterocycles. The fraction of sp³-hybridized carbons (Fsp3) is 0.846. The molecule has 0 saturated carbocycles. The number of nitrogens with zero attached hydrogens (tertiary/aromatic N) is 1. The van der Waals surface area contributed by atoms with Gasteiger partial charge < -0.3 is 16.0 Å². The lowest BCUT2D eigenvalue weighted by molar-refractivity contribution is 0.0951. The van der Waals surface area contributed by atoms with Crippen LogP contribution in [-0.4, -0.2) is 42.7 Å². The lowest BCUT2D eigenvalue weighted by Crippen LogP contribution is -2.60. The third kappa shape index (κ3) is 2.17. The van der Waals surface area contributed by atoms with Gasteiger partial charge in [0.25, 0.3) is 0 Å². The minimum atomic E-state index is 0.196. The lowest BCUT2D eigenvalue weighted by Gasteiger charge is -2.45. The highest BCUT2D eigenvalue weighted by molar-refractivity contribution is 5.05. The summed E-state index contributed by atoms with van der Waals surface area (Å²) in [4.78, 5) is 2.56. The molecule has 2 atom stereocenters. The topological polar surface area (TPSA) is 41.3 Å². The van der Waals surface area contributed by atoms with E-state index in [4.69, 9.17) is 5.73 Å². The van der Waals surface area contributed by atoms with Crippen molar-refractivity contribution in [3.63, 3.8) is 0 Å². The zero-order valence-corrected chi connectivity index (χ0v) is 10.4. The Hall–Kier alpha value is -0.380. The van der Waals surface area contributed by atoms with Crippen molar-refractivity contribution in [2.45, 2.75) is 49.7 Å². The van der Waals surface area contributed by atoms with Crippen LogP contribution in [0.15, 0.2) is 12.7 Å². The van der Waals surface area contributed by atoms with E-state index < -0.39 is 0 Å². The SMILES string of the molecule is C=CCCNC1(CN)CC2CCC(C1)N2C. The van der Waals surface area contributed by atoms with Crippen molar-refractivity contribution >= 4 is 0 Å². The number of nitrogens with two attached hydrogens (primary N) is 1. The van der Waals surface area contributed by atoms with Gasteiger partial charge in [0.2, 0.25) is 0 Å². The first-order valence-corrected chi connectivity index (χ1v) is 6.49. The van der Waals surface area contributed by atoms with Gasteiger partial charge in [0.05, 0.1) is 0 Å². The Morgan fingerprint density at radius 2 is 2.06 bits per heavy atom. The Bertz CT molecular complexity index is 238. The first-order valence-electron chi connectivity index (χ1n) is 6.49. The van der Waals surface area contributed by atoms with Gasteiger partial charge in [-0.15, -0.1) is 6.58 Å². The average Bonchev–Trinajstić information content (AvgIpc) is 2.54. The third-order valence-corrected chi connectivity index (χ3v) is 4.48. The Balaban J connectivity index is 1.97. The van der Waals surface area contributed by atoms with Gasteiger partial charge in [-0.1, -0.05) is 6.08 Å².